The third-order valence-electron chi connectivity index (χ3n) is 2.90. The Morgan fingerprint density at radius 1 is 1.18 bits per heavy atom. The number of hydrogen-bond acceptors (Lipinski definition) is 4. The number of aromatic nitrogens is 2. The van der Waals surface area contributed by atoms with Crippen LogP contribution in [-0.2, 0) is 0 Å². The van der Waals surface area contributed by atoms with Crippen LogP contribution in [0.25, 0.3) is 0 Å². The Morgan fingerprint density at radius 3 is 2.35 bits per heavy atom. The van der Waals surface area contributed by atoms with Gasteiger partial charge in [0.05, 0.1) is 23.0 Å². The van der Waals surface area contributed by atoms with Gasteiger partial charge in [-0.2, -0.15) is 0 Å². The van der Waals surface area contributed by atoms with E-state index in [9.17, 15) is 0 Å². The van der Waals surface area contributed by atoms with Gasteiger partial charge in [0.1, 0.15) is 12.1 Å². The number of aliphatic imine (C=N–C) groups is 1. The van der Waals surface area contributed by atoms with E-state index in [0.29, 0.717) is 17.7 Å². The summed E-state index contributed by atoms with van der Waals surface area (Å²) in [6, 6.07) is 0.137. The quantitative estimate of drug-likeness (QED) is 0.855. The number of nitrogens with two attached hydrogens (primary N) is 1. The van der Waals surface area contributed by atoms with Gasteiger partial charge in [-0.1, -0.05) is 35.1 Å². The van der Waals surface area contributed by atoms with Crippen LogP contribution >= 0.6 is 0 Å². The summed E-state index contributed by atoms with van der Waals surface area (Å²) in [7, 11) is 0. The van der Waals surface area contributed by atoms with Crippen molar-refractivity contribution in [3.8, 4) is 0 Å². The summed E-state index contributed by atoms with van der Waals surface area (Å²) < 4.78 is 0. The van der Waals surface area contributed by atoms with Crippen LogP contribution in [0.15, 0.2) is 11.3 Å². The third kappa shape index (κ3) is 2.16. The van der Waals surface area contributed by atoms with Crippen molar-refractivity contribution in [1.29, 1.82) is 0 Å². The molecule has 1 aromatic heterocycles. The van der Waals surface area contributed by atoms with Crippen molar-refractivity contribution < 1.29 is 0 Å². The molecule has 4 heteroatoms. The van der Waals surface area contributed by atoms with Crippen molar-refractivity contribution in [2.24, 2.45) is 16.8 Å². The highest BCUT2D eigenvalue weighted by Crippen LogP contribution is 2.36. The zero-order valence-electron chi connectivity index (χ0n) is 10.2. The van der Waals surface area contributed by atoms with E-state index < -0.39 is 0 Å². The largest absolute Gasteiger partial charge is 0.383 e. The van der Waals surface area contributed by atoms with Gasteiger partial charge in [-0.05, 0) is 11.8 Å². The van der Waals surface area contributed by atoms with Gasteiger partial charge in [-0.25, -0.2) is 9.97 Å². The molecule has 0 aromatic carbocycles. The molecule has 1 atom stereocenters. The van der Waals surface area contributed by atoms with Gasteiger partial charge in [0.2, 0.25) is 0 Å². The van der Waals surface area contributed by atoms with E-state index in [1.807, 2.05) is 0 Å². The Balaban J connectivity index is 0.00000144. The maximum absolute atomic E-state index is 5.93. The van der Waals surface area contributed by atoms with E-state index in [0.717, 1.165) is 17.0 Å². The summed E-state index contributed by atoms with van der Waals surface area (Å²) in [6.07, 6.45) is 1.53. The van der Waals surface area contributed by atoms with E-state index >= 15 is 0 Å². The molecule has 0 saturated heterocycles. The maximum atomic E-state index is 5.93. The van der Waals surface area contributed by atoms with Crippen LogP contribution < -0.4 is 5.73 Å². The first-order valence-corrected chi connectivity index (χ1v) is 5.70. The lowest BCUT2D eigenvalue weighted by Gasteiger charge is -2.11. The molecule has 2 rings (SSSR count). The smallest absolute Gasteiger partial charge is 0.136 e. The molecular formula is C13H22N4. The summed E-state index contributed by atoms with van der Waals surface area (Å²) in [5.41, 5.74) is 8.94. The van der Waals surface area contributed by atoms with Crippen LogP contribution in [0.3, 0.4) is 0 Å². The van der Waals surface area contributed by atoms with Gasteiger partial charge in [0.25, 0.3) is 0 Å². The lowest BCUT2D eigenvalue weighted by atomic mass is 9.97. The molecule has 1 aromatic rings. The van der Waals surface area contributed by atoms with E-state index in [4.69, 9.17) is 10.7 Å². The van der Waals surface area contributed by atoms with Gasteiger partial charge in [-0.15, -0.1) is 0 Å². The Morgan fingerprint density at radius 2 is 1.82 bits per heavy atom. The Kier molecular flexibility index (Phi) is 3.86. The molecule has 0 radical (unpaired) electrons. The van der Waals surface area contributed by atoms with Crippen molar-refractivity contribution in [2.45, 2.75) is 41.2 Å². The fraction of sp³-hybridized carbons (Fsp3) is 0.615. The summed E-state index contributed by atoms with van der Waals surface area (Å²) >= 11 is 0. The Labute approximate surface area is 103 Å². The minimum Gasteiger partial charge on any atom is -0.383 e. The second-order valence-corrected chi connectivity index (χ2v) is 4.88. The minimum atomic E-state index is 0. The molecule has 94 valence electrons. The Bertz CT molecular complexity index is 435. The lowest BCUT2D eigenvalue weighted by Crippen LogP contribution is -2.12. The molecule has 0 aliphatic carbocycles. The molecule has 1 aliphatic rings. The summed E-state index contributed by atoms with van der Waals surface area (Å²) in [5, 5.41) is 0. The first-order valence-electron chi connectivity index (χ1n) is 5.70. The molecule has 1 unspecified atom stereocenters. The van der Waals surface area contributed by atoms with E-state index in [1.54, 1.807) is 0 Å². The molecule has 0 saturated carbocycles. The number of nitrogen functional groups attached to an aromatic ring is 1. The van der Waals surface area contributed by atoms with Crippen molar-refractivity contribution in [3.63, 3.8) is 0 Å². The highest BCUT2D eigenvalue weighted by atomic mass is 15.0. The van der Waals surface area contributed by atoms with Gasteiger partial charge in [0.15, 0.2) is 0 Å². The van der Waals surface area contributed by atoms with Gasteiger partial charge < -0.3 is 5.73 Å². The lowest BCUT2D eigenvalue weighted by molar-refractivity contribution is 0.512. The molecule has 0 fully saturated rings. The second kappa shape index (κ2) is 4.82. The Hall–Kier alpha value is -1.45. The standard InChI is InChI=1S/C12H18N4.CH4/c1-6(2)9-8-11(10(16-9)7(3)4)14-5-15-12(8)13;/h5-7,10H,1-4H3,(H2,13,14,15);1H4. The van der Waals surface area contributed by atoms with Crippen LogP contribution in [0.5, 0.6) is 0 Å². The molecule has 2 heterocycles. The molecule has 1 aliphatic heterocycles. The average molecular weight is 234 g/mol. The van der Waals surface area contributed by atoms with Crippen LogP contribution in [0.4, 0.5) is 5.82 Å². The first kappa shape index (κ1) is 13.6. The van der Waals surface area contributed by atoms with Crippen molar-refractivity contribution in [2.75, 3.05) is 5.73 Å². The van der Waals surface area contributed by atoms with E-state index in [2.05, 4.69) is 37.7 Å². The second-order valence-electron chi connectivity index (χ2n) is 4.88. The molecule has 17 heavy (non-hydrogen) atoms. The highest BCUT2D eigenvalue weighted by molar-refractivity contribution is 6.08. The zero-order chi connectivity index (χ0) is 11.9. The van der Waals surface area contributed by atoms with Crippen LogP contribution in [-0.4, -0.2) is 15.7 Å². The normalized spacial score (nSPS) is 18.0. The minimum absolute atomic E-state index is 0. The summed E-state index contributed by atoms with van der Waals surface area (Å²) in [6.45, 7) is 8.55. The number of fused-ring (bicyclic) bond motifs is 1. The number of nitrogens with zero attached hydrogens (tertiary/aromatic N) is 3. The zero-order valence-corrected chi connectivity index (χ0v) is 10.2. The third-order valence-corrected chi connectivity index (χ3v) is 2.90. The van der Waals surface area contributed by atoms with Crippen molar-refractivity contribution in [3.05, 3.63) is 17.6 Å². The molecule has 0 spiro atoms. The molecule has 0 bridgehead atoms. The average Bonchev–Trinajstić information content (AvgIpc) is 2.58. The molecule has 0 amide bonds. The van der Waals surface area contributed by atoms with E-state index in [1.165, 1.54) is 6.33 Å². The predicted molar refractivity (Wildman–Crippen MR) is 72.1 cm³/mol. The van der Waals surface area contributed by atoms with E-state index in [-0.39, 0.29) is 13.5 Å². The maximum Gasteiger partial charge on any atom is 0.136 e. The predicted octanol–water partition coefficient (Wildman–Crippen LogP) is 2.85. The topological polar surface area (TPSA) is 64.2 Å². The first-order chi connectivity index (χ1) is 7.52. The van der Waals surface area contributed by atoms with Gasteiger partial charge >= 0.3 is 0 Å². The number of rotatable bonds is 2. The molecule has 4 nitrogen and oxygen atoms in total. The monoisotopic (exact) mass is 234 g/mol. The molecular weight excluding hydrogens is 212 g/mol. The fourth-order valence-electron chi connectivity index (χ4n) is 2.08. The van der Waals surface area contributed by atoms with Crippen LogP contribution in [0, 0.1) is 11.8 Å². The fourth-order valence-corrected chi connectivity index (χ4v) is 2.08. The van der Waals surface area contributed by atoms with Crippen LogP contribution in [0.2, 0.25) is 0 Å². The van der Waals surface area contributed by atoms with Gasteiger partial charge in [0, 0.05) is 0 Å². The number of anilines is 1. The number of hydrogen-bond donors (Lipinski definition) is 1. The van der Waals surface area contributed by atoms with Crippen LogP contribution in [0.1, 0.15) is 52.4 Å². The molecule has 2 N–H and O–H groups in total. The van der Waals surface area contributed by atoms with Gasteiger partial charge in [-0.3, -0.25) is 4.99 Å². The summed E-state index contributed by atoms with van der Waals surface area (Å²) in [4.78, 5) is 13.2. The van der Waals surface area contributed by atoms with Crippen molar-refractivity contribution in [1.82, 2.24) is 9.97 Å². The SMILES string of the molecule is C.CC(C)C1=NC(C(C)C)c2ncnc(N)c21. The summed E-state index contributed by atoms with van der Waals surface area (Å²) in [5.74, 6) is 1.35. The highest BCUT2D eigenvalue weighted by Gasteiger charge is 2.31. The van der Waals surface area contributed by atoms with Crippen molar-refractivity contribution >= 4 is 11.5 Å².